The lowest BCUT2D eigenvalue weighted by Gasteiger charge is -2.07. The van der Waals surface area contributed by atoms with E-state index in [1.165, 1.54) is 0 Å². The molecular formula is C13H13N3O3S2. The molecule has 2 rings (SSSR count). The minimum Gasteiger partial charge on any atom is -0.481 e. The predicted molar refractivity (Wildman–Crippen MR) is 82.1 cm³/mol. The van der Waals surface area contributed by atoms with Gasteiger partial charge in [0.25, 0.3) is 5.91 Å². The third kappa shape index (κ3) is 4.02. The molecule has 0 aliphatic rings. The highest BCUT2D eigenvalue weighted by Crippen LogP contribution is 2.26. The van der Waals surface area contributed by atoms with Crippen LogP contribution in [0.15, 0.2) is 22.5 Å². The van der Waals surface area contributed by atoms with Gasteiger partial charge in [0.1, 0.15) is 0 Å². The molecule has 21 heavy (non-hydrogen) atoms. The summed E-state index contributed by atoms with van der Waals surface area (Å²) in [5, 5.41) is 19.3. The Morgan fingerprint density at radius 3 is 2.81 bits per heavy atom. The zero-order valence-electron chi connectivity index (χ0n) is 11.4. The van der Waals surface area contributed by atoms with E-state index >= 15 is 0 Å². The topological polar surface area (TPSA) is 92.2 Å². The smallest absolute Gasteiger partial charge is 0.313 e. The minimum absolute atomic E-state index is 0.0838. The standard InChI is InChI=1S/C13H13N3O3S2/c1-7-4-3-5-9(8(7)2)11(19)14-12-15-16-13(21-12)20-6-10(17)18/h3-5H,6H2,1-2H3,(H,17,18)(H,14,15,19). The molecule has 0 saturated carbocycles. The van der Waals surface area contributed by atoms with Crippen LogP contribution in [0.5, 0.6) is 0 Å². The Labute approximate surface area is 129 Å². The van der Waals surface area contributed by atoms with Crippen molar-refractivity contribution in [2.45, 2.75) is 18.2 Å². The fourth-order valence-corrected chi connectivity index (χ4v) is 3.07. The van der Waals surface area contributed by atoms with Crippen LogP contribution in [-0.2, 0) is 4.79 Å². The molecule has 0 atom stereocenters. The van der Waals surface area contributed by atoms with Crippen molar-refractivity contribution in [2.24, 2.45) is 0 Å². The Balaban J connectivity index is 2.06. The van der Waals surface area contributed by atoms with E-state index in [0.29, 0.717) is 15.0 Å². The molecule has 0 aliphatic carbocycles. The highest BCUT2D eigenvalue weighted by Gasteiger charge is 2.13. The summed E-state index contributed by atoms with van der Waals surface area (Å²) in [4.78, 5) is 22.7. The maximum atomic E-state index is 12.2. The van der Waals surface area contributed by atoms with Gasteiger partial charge in [-0.2, -0.15) is 0 Å². The van der Waals surface area contributed by atoms with Gasteiger partial charge in [-0.1, -0.05) is 35.2 Å². The van der Waals surface area contributed by atoms with Crippen molar-refractivity contribution in [3.05, 3.63) is 34.9 Å². The number of carbonyl (C=O) groups is 2. The van der Waals surface area contributed by atoms with E-state index in [4.69, 9.17) is 5.11 Å². The van der Waals surface area contributed by atoms with Gasteiger partial charge in [0, 0.05) is 5.56 Å². The normalized spacial score (nSPS) is 10.4. The monoisotopic (exact) mass is 323 g/mol. The number of hydrogen-bond donors (Lipinski definition) is 2. The molecule has 8 heteroatoms. The number of aromatic nitrogens is 2. The van der Waals surface area contributed by atoms with Crippen LogP contribution in [0, 0.1) is 13.8 Å². The number of nitrogens with zero attached hydrogens (tertiary/aromatic N) is 2. The molecule has 6 nitrogen and oxygen atoms in total. The van der Waals surface area contributed by atoms with E-state index in [2.05, 4.69) is 15.5 Å². The first-order valence-corrected chi connectivity index (χ1v) is 7.83. The first kappa shape index (κ1) is 15.5. The number of amides is 1. The molecule has 0 spiro atoms. The fourth-order valence-electron chi connectivity index (χ4n) is 1.60. The molecule has 1 aromatic heterocycles. The molecule has 2 aromatic rings. The van der Waals surface area contributed by atoms with Crippen molar-refractivity contribution in [3.8, 4) is 0 Å². The average Bonchev–Trinajstić information content (AvgIpc) is 2.87. The molecule has 0 aliphatic heterocycles. The first-order valence-electron chi connectivity index (χ1n) is 6.03. The fraction of sp³-hybridized carbons (Fsp3) is 0.231. The maximum absolute atomic E-state index is 12.2. The Morgan fingerprint density at radius 2 is 2.10 bits per heavy atom. The van der Waals surface area contributed by atoms with Gasteiger partial charge in [-0.3, -0.25) is 14.9 Å². The van der Waals surface area contributed by atoms with Crippen molar-refractivity contribution in [2.75, 3.05) is 11.1 Å². The molecule has 1 amide bonds. The van der Waals surface area contributed by atoms with Crippen LogP contribution in [0.25, 0.3) is 0 Å². The van der Waals surface area contributed by atoms with Crippen LogP contribution in [0.3, 0.4) is 0 Å². The van der Waals surface area contributed by atoms with Crippen LogP contribution in [-0.4, -0.2) is 32.9 Å². The molecule has 0 radical (unpaired) electrons. The summed E-state index contributed by atoms with van der Waals surface area (Å²) in [6.45, 7) is 3.83. The summed E-state index contributed by atoms with van der Waals surface area (Å²) in [6.07, 6.45) is 0. The van der Waals surface area contributed by atoms with Crippen LogP contribution in [0.2, 0.25) is 0 Å². The second-order valence-electron chi connectivity index (χ2n) is 4.26. The maximum Gasteiger partial charge on any atom is 0.313 e. The van der Waals surface area contributed by atoms with Crippen LogP contribution >= 0.6 is 23.1 Å². The SMILES string of the molecule is Cc1cccc(C(=O)Nc2nnc(SCC(=O)O)s2)c1C. The number of nitrogens with one attached hydrogen (secondary N) is 1. The summed E-state index contributed by atoms with van der Waals surface area (Å²) in [7, 11) is 0. The van der Waals surface area contributed by atoms with Crippen LogP contribution in [0.4, 0.5) is 5.13 Å². The second kappa shape index (κ2) is 6.68. The van der Waals surface area contributed by atoms with Gasteiger partial charge in [0.05, 0.1) is 5.75 Å². The second-order valence-corrected chi connectivity index (χ2v) is 6.46. The van der Waals surface area contributed by atoms with E-state index in [9.17, 15) is 9.59 Å². The molecule has 2 N–H and O–H groups in total. The van der Waals surface area contributed by atoms with Crippen molar-refractivity contribution < 1.29 is 14.7 Å². The molecule has 110 valence electrons. The Bertz CT molecular complexity index is 685. The molecule has 0 bridgehead atoms. The molecular weight excluding hydrogens is 310 g/mol. The summed E-state index contributed by atoms with van der Waals surface area (Å²) >= 11 is 2.23. The zero-order valence-corrected chi connectivity index (χ0v) is 13.0. The van der Waals surface area contributed by atoms with E-state index in [1.807, 2.05) is 26.0 Å². The van der Waals surface area contributed by atoms with E-state index in [1.54, 1.807) is 6.07 Å². The van der Waals surface area contributed by atoms with Gasteiger partial charge in [-0.25, -0.2) is 0 Å². The molecule has 0 saturated heterocycles. The summed E-state index contributed by atoms with van der Waals surface area (Å²) in [6, 6.07) is 5.52. The van der Waals surface area contributed by atoms with E-state index in [0.717, 1.165) is 34.2 Å². The molecule has 0 fully saturated rings. The van der Waals surface area contributed by atoms with Crippen LogP contribution in [0.1, 0.15) is 21.5 Å². The minimum atomic E-state index is -0.920. The van der Waals surface area contributed by atoms with Crippen molar-refractivity contribution in [1.82, 2.24) is 10.2 Å². The third-order valence-electron chi connectivity index (χ3n) is 2.80. The molecule has 0 unspecified atom stereocenters. The number of anilines is 1. The lowest BCUT2D eigenvalue weighted by molar-refractivity contribution is -0.133. The van der Waals surface area contributed by atoms with E-state index < -0.39 is 5.97 Å². The van der Waals surface area contributed by atoms with Gasteiger partial charge in [-0.15, -0.1) is 10.2 Å². The average molecular weight is 323 g/mol. The van der Waals surface area contributed by atoms with Gasteiger partial charge in [0.2, 0.25) is 5.13 Å². The van der Waals surface area contributed by atoms with Gasteiger partial charge >= 0.3 is 5.97 Å². The van der Waals surface area contributed by atoms with Gasteiger partial charge in [-0.05, 0) is 31.0 Å². The summed E-state index contributed by atoms with van der Waals surface area (Å²) in [5.74, 6) is -1.25. The number of aliphatic carboxylic acids is 1. The van der Waals surface area contributed by atoms with Crippen molar-refractivity contribution in [1.29, 1.82) is 0 Å². The number of benzene rings is 1. The highest BCUT2D eigenvalue weighted by atomic mass is 32.2. The van der Waals surface area contributed by atoms with Crippen molar-refractivity contribution >= 4 is 40.1 Å². The molecule has 1 heterocycles. The lowest BCUT2D eigenvalue weighted by atomic mass is 10.0. The first-order chi connectivity index (χ1) is 9.97. The number of carbonyl (C=O) groups excluding carboxylic acids is 1. The number of rotatable bonds is 5. The lowest BCUT2D eigenvalue weighted by Crippen LogP contribution is -2.13. The number of aryl methyl sites for hydroxylation is 1. The van der Waals surface area contributed by atoms with E-state index in [-0.39, 0.29) is 11.7 Å². The quantitative estimate of drug-likeness (QED) is 0.649. The van der Waals surface area contributed by atoms with Gasteiger partial charge in [0.15, 0.2) is 4.34 Å². The third-order valence-corrected chi connectivity index (χ3v) is 4.75. The van der Waals surface area contributed by atoms with Crippen molar-refractivity contribution in [3.63, 3.8) is 0 Å². The van der Waals surface area contributed by atoms with Crippen LogP contribution < -0.4 is 5.32 Å². The predicted octanol–water partition coefficient (Wildman–Crippen LogP) is 2.58. The number of carboxylic acids is 1. The van der Waals surface area contributed by atoms with Gasteiger partial charge < -0.3 is 5.11 Å². The highest BCUT2D eigenvalue weighted by molar-refractivity contribution is 8.01. The Kier molecular flexibility index (Phi) is 4.92. The molecule has 1 aromatic carbocycles. The largest absolute Gasteiger partial charge is 0.481 e. The zero-order chi connectivity index (χ0) is 15.4. The summed E-state index contributed by atoms with van der Waals surface area (Å²) in [5.41, 5.74) is 2.54. The summed E-state index contributed by atoms with van der Waals surface area (Å²) < 4.78 is 0.508. The Morgan fingerprint density at radius 1 is 1.33 bits per heavy atom. The number of carboxylic acid groups (broad SMARTS) is 1. The number of hydrogen-bond acceptors (Lipinski definition) is 6. The number of thioether (sulfide) groups is 1. The Hall–Kier alpha value is -1.93.